The topological polar surface area (TPSA) is 152 Å². The standard InChI is InChI=1S/C44H52N6O6S/c51-39-36-26-32(55-40-38(37-22-13-25-57-37)46-33-19-11-12-20-34(33)47-40)28-50(36)41(52)35(48-43(54)56-31-17-9-10-18-31)21-8-3-1-2-7-16-30-27-44(30,49-39)42(53)45-24-23-29-14-5-4-6-15-29/h4-6,11-15,19-20,22,25,30-32,35-36H,1-3,7-10,16-18,21,23-24,26-28H2,(H,45,53)(H,48,54)(H,49,51)/t30?,32-,35+,36+,44?/m1/s1. The van der Waals surface area contributed by atoms with E-state index < -0.39 is 35.7 Å². The predicted molar refractivity (Wildman–Crippen MR) is 218 cm³/mol. The molecule has 2 saturated heterocycles. The van der Waals surface area contributed by atoms with Crippen LogP contribution in [0.4, 0.5) is 4.79 Å². The second-order valence-corrected chi connectivity index (χ2v) is 17.0. The van der Waals surface area contributed by atoms with Crippen molar-refractivity contribution in [3.63, 3.8) is 0 Å². The molecule has 2 aliphatic carbocycles. The Kier molecular flexibility index (Phi) is 12.0. The smallest absolute Gasteiger partial charge is 0.408 e. The summed E-state index contributed by atoms with van der Waals surface area (Å²) in [7, 11) is 0. The van der Waals surface area contributed by atoms with Crippen molar-refractivity contribution in [2.24, 2.45) is 5.92 Å². The Hall–Kier alpha value is -5.04. The van der Waals surface area contributed by atoms with Gasteiger partial charge in [-0.25, -0.2) is 14.8 Å². The van der Waals surface area contributed by atoms with Crippen LogP contribution < -0.4 is 20.7 Å². The van der Waals surface area contributed by atoms with Gasteiger partial charge < -0.3 is 30.3 Å². The van der Waals surface area contributed by atoms with Gasteiger partial charge >= 0.3 is 6.09 Å². The number of amides is 4. The number of benzene rings is 2. The van der Waals surface area contributed by atoms with Crippen molar-refractivity contribution in [3.05, 3.63) is 77.7 Å². The summed E-state index contributed by atoms with van der Waals surface area (Å²) >= 11 is 1.52. The lowest BCUT2D eigenvalue weighted by Crippen LogP contribution is -2.58. The van der Waals surface area contributed by atoms with Gasteiger partial charge in [0, 0.05) is 13.0 Å². The average Bonchev–Trinajstić information content (AvgIpc) is 3.72. The van der Waals surface area contributed by atoms with E-state index in [1.807, 2.05) is 72.1 Å². The first-order valence-corrected chi connectivity index (χ1v) is 21.6. The summed E-state index contributed by atoms with van der Waals surface area (Å²) in [6.45, 7) is 0.533. The van der Waals surface area contributed by atoms with E-state index in [1.54, 1.807) is 0 Å². The van der Waals surface area contributed by atoms with Gasteiger partial charge in [0.1, 0.15) is 35.5 Å². The van der Waals surface area contributed by atoms with Gasteiger partial charge in [0.15, 0.2) is 0 Å². The van der Waals surface area contributed by atoms with Crippen LogP contribution in [0.3, 0.4) is 0 Å². The Morgan fingerprint density at radius 1 is 0.842 bits per heavy atom. The lowest BCUT2D eigenvalue weighted by atomic mass is 10.0. The van der Waals surface area contributed by atoms with Gasteiger partial charge in [-0.3, -0.25) is 14.4 Å². The molecule has 0 spiro atoms. The number of rotatable bonds is 9. The van der Waals surface area contributed by atoms with Crippen LogP contribution >= 0.6 is 11.3 Å². The van der Waals surface area contributed by atoms with E-state index >= 15 is 0 Å². The van der Waals surface area contributed by atoms with Crippen molar-refractivity contribution >= 4 is 46.2 Å². The fourth-order valence-corrected chi connectivity index (χ4v) is 9.53. The van der Waals surface area contributed by atoms with Crippen molar-refractivity contribution in [1.29, 1.82) is 0 Å². The van der Waals surface area contributed by atoms with Gasteiger partial charge in [-0.05, 0) is 86.4 Å². The molecule has 0 bridgehead atoms. The van der Waals surface area contributed by atoms with Gasteiger partial charge in [-0.2, -0.15) is 0 Å². The summed E-state index contributed by atoms with van der Waals surface area (Å²) in [5.74, 6) is -0.632. The molecule has 4 fully saturated rings. The van der Waals surface area contributed by atoms with E-state index in [1.165, 1.54) is 16.2 Å². The van der Waals surface area contributed by atoms with E-state index in [0.29, 0.717) is 42.9 Å². The van der Waals surface area contributed by atoms with Crippen LogP contribution in [0.5, 0.6) is 5.88 Å². The van der Waals surface area contributed by atoms with Crippen LogP contribution in [-0.2, 0) is 25.5 Å². The molecular weight excluding hydrogens is 741 g/mol. The van der Waals surface area contributed by atoms with Crippen LogP contribution in [-0.4, -0.2) is 81.6 Å². The summed E-state index contributed by atoms with van der Waals surface area (Å²) in [5, 5.41) is 11.2. The Bertz CT molecular complexity index is 2040. The molecule has 12 nitrogen and oxygen atoms in total. The molecule has 0 radical (unpaired) electrons. The van der Waals surface area contributed by atoms with Crippen molar-refractivity contribution in [3.8, 4) is 16.5 Å². The number of fused-ring (bicyclic) bond motifs is 3. The highest BCUT2D eigenvalue weighted by molar-refractivity contribution is 7.13. The van der Waals surface area contributed by atoms with Crippen molar-refractivity contribution in [2.75, 3.05) is 13.1 Å². The van der Waals surface area contributed by atoms with Crippen molar-refractivity contribution in [1.82, 2.24) is 30.8 Å². The van der Waals surface area contributed by atoms with Gasteiger partial charge in [0.2, 0.25) is 23.6 Å². The third-order valence-corrected chi connectivity index (χ3v) is 12.9. The summed E-state index contributed by atoms with van der Waals surface area (Å²) in [6, 6.07) is 19.6. The van der Waals surface area contributed by atoms with Gasteiger partial charge in [-0.1, -0.05) is 80.6 Å². The monoisotopic (exact) mass is 792 g/mol. The minimum Gasteiger partial charge on any atom is -0.471 e. The zero-order valence-corrected chi connectivity index (χ0v) is 33.1. The first-order chi connectivity index (χ1) is 27.9. The number of para-hydroxylation sites is 2. The van der Waals surface area contributed by atoms with Gasteiger partial charge in [-0.15, -0.1) is 11.3 Å². The fourth-order valence-electron chi connectivity index (χ4n) is 8.83. The number of carbonyl (C=O) groups excluding carboxylic acids is 4. The van der Waals surface area contributed by atoms with Crippen LogP contribution in [0.2, 0.25) is 0 Å². The molecule has 57 heavy (non-hydrogen) atoms. The molecule has 8 rings (SSSR count). The Morgan fingerprint density at radius 3 is 2.33 bits per heavy atom. The minimum atomic E-state index is -1.06. The summed E-state index contributed by atoms with van der Waals surface area (Å²) < 4.78 is 12.4. The Morgan fingerprint density at radius 2 is 1.56 bits per heavy atom. The SMILES string of the molecule is O=C(N[C@H]1CCCCCCCC2CC2(C(=O)NCCc2ccccc2)NC(=O)[C@@H]2C[C@@H](Oc3nc4ccccc4nc3-c3cccs3)CN2C1=O)OC1CCCC1. The summed E-state index contributed by atoms with van der Waals surface area (Å²) in [4.78, 5) is 68.8. The number of hydrogen-bond donors (Lipinski definition) is 3. The third-order valence-electron chi connectivity index (χ3n) is 12.0. The lowest BCUT2D eigenvalue weighted by molar-refractivity contribution is -0.141. The number of nitrogens with one attached hydrogen (secondary N) is 3. The highest BCUT2D eigenvalue weighted by Crippen LogP contribution is 2.48. The highest BCUT2D eigenvalue weighted by atomic mass is 32.1. The van der Waals surface area contributed by atoms with Gasteiger partial charge in [0.25, 0.3) is 0 Å². The Balaban J connectivity index is 1.07. The molecular formula is C44H52N6O6S. The molecule has 4 heterocycles. The number of hydrogen-bond acceptors (Lipinski definition) is 9. The number of ether oxygens (including phenoxy) is 2. The van der Waals surface area contributed by atoms with Gasteiger partial charge in [0.05, 0.1) is 22.5 Å². The molecule has 4 amide bonds. The molecule has 4 aromatic rings. The normalized spacial score (nSPS) is 25.7. The Labute approximate surface area is 337 Å². The zero-order valence-electron chi connectivity index (χ0n) is 32.3. The molecule has 300 valence electrons. The van der Waals surface area contributed by atoms with Crippen molar-refractivity contribution < 1.29 is 28.7 Å². The maximum Gasteiger partial charge on any atom is 0.408 e. The van der Waals surface area contributed by atoms with Crippen LogP contribution in [0, 0.1) is 5.92 Å². The average molecular weight is 793 g/mol. The van der Waals surface area contributed by atoms with Crippen molar-refractivity contribution in [2.45, 2.75) is 120 Å². The number of aromatic nitrogens is 2. The predicted octanol–water partition coefficient (Wildman–Crippen LogP) is 6.72. The van der Waals surface area contributed by atoms with Crippen LogP contribution in [0.15, 0.2) is 72.1 Å². The third kappa shape index (κ3) is 9.08. The number of alkyl carbamates (subject to hydrolysis) is 1. The van der Waals surface area contributed by atoms with E-state index in [2.05, 4.69) is 16.0 Å². The molecule has 4 aliphatic rings. The highest BCUT2D eigenvalue weighted by Gasteiger charge is 2.61. The second kappa shape index (κ2) is 17.6. The molecule has 2 aliphatic heterocycles. The molecule has 2 aromatic heterocycles. The molecule has 13 heteroatoms. The van der Waals surface area contributed by atoms with E-state index in [-0.39, 0.29) is 36.8 Å². The molecule has 5 atom stereocenters. The minimum absolute atomic E-state index is 0.00176. The number of nitrogens with zero attached hydrogens (tertiary/aromatic N) is 3. The van der Waals surface area contributed by atoms with E-state index in [9.17, 15) is 19.2 Å². The molecule has 2 saturated carbocycles. The number of carbonyl (C=O) groups is 4. The molecule has 3 N–H and O–H groups in total. The van der Waals surface area contributed by atoms with E-state index in [4.69, 9.17) is 19.4 Å². The lowest BCUT2D eigenvalue weighted by Gasteiger charge is -2.30. The fraction of sp³-hybridized carbons (Fsp3) is 0.500. The quantitative estimate of drug-likeness (QED) is 0.169. The maximum atomic E-state index is 14.7. The van der Waals surface area contributed by atoms with Crippen LogP contribution in [0.1, 0.15) is 89.0 Å². The summed E-state index contributed by atoms with van der Waals surface area (Å²) in [5.41, 5.74) is 2.05. The first-order valence-electron chi connectivity index (χ1n) is 20.8. The maximum absolute atomic E-state index is 14.7. The second-order valence-electron chi connectivity index (χ2n) is 16.0. The molecule has 2 unspecified atom stereocenters. The number of thiophene rings is 1. The first kappa shape index (κ1) is 38.8. The summed E-state index contributed by atoms with van der Waals surface area (Å²) in [6.07, 6.45) is 9.45. The zero-order chi connectivity index (χ0) is 39.2. The largest absolute Gasteiger partial charge is 0.471 e. The molecule has 2 aromatic carbocycles. The van der Waals surface area contributed by atoms with E-state index in [0.717, 1.165) is 80.2 Å². The van der Waals surface area contributed by atoms with Crippen LogP contribution in [0.25, 0.3) is 21.6 Å².